The van der Waals surface area contributed by atoms with Gasteiger partial charge in [0.05, 0.1) is 22.9 Å². The van der Waals surface area contributed by atoms with E-state index in [1.165, 1.54) is 18.3 Å². The summed E-state index contributed by atoms with van der Waals surface area (Å²) in [5, 5.41) is 9.36. The number of pyridine rings is 1. The third-order valence-electron chi connectivity index (χ3n) is 2.66. The molecule has 0 amide bonds. The summed E-state index contributed by atoms with van der Waals surface area (Å²) in [7, 11) is -3.26. The maximum Gasteiger partial charge on any atom is 0.175 e. The van der Waals surface area contributed by atoms with E-state index in [1.807, 2.05) is 0 Å². The van der Waals surface area contributed by atoms with Gasteiger partial charge in [0, 0.05) is 6.26 Å². The number of ether oxygens (including phenoxy) is 1. The fourth-order valence-electron chi connectivity index (χ4n) is 1.60. The molecule has 0 bridgehead atoms. The molecule has 0 aliphatic rings. The van der Waals surface area contributed by atoms with Crippen LogP contribution in [-0.2, 0) is 9.84 Å². The molecule has 2 aromatic rings. The fourth-order valence-corrected chi connectivity index (χ4v) is 2.26. The van der Waals surface area contributed by atoms with Crippen LogP contribution in [0.3, 0.4) is 0 Å². The minimum atomic E-state index is -3.26. The van der Waals surface area contributed by atoms with E-state index in [0.717, 1.165) is 6.26 Å². The second-order valence-corrected chi connectivity index (χ2v) is 6.46. The third kappa shape index (κ3) is 3.55. The molecule has 0 saturated heterocycles. The summed E-state index contributed by atoms with van der Waals surface area (Å²) >= 11 is 0. The molecule has 1 aromatic heterocycles. The van der Waals surface area contributed by atoms with Crippen LogP contribution in [0.15, 0.2) is 47.5 Å². The van der Waals surface area contributed by atoms with Gasteiger partial charge in [0.15, 0.2) is 9.84 Å². The Kier molecular flexibility index (Phi) is 4.06. The first-order valence-corrected chi connectivity index (χ1v) is 7.87. The zero-order chi connectivity index (χ0) is 14.8. The third-order valence-corrected chi connectivity index (χ3v) is 3.77. The van der Waals surface area contributed by atoms with E-state index < -0.39 is 15.9 Å². The monoisotopic (exact) mass is 293 g/mol. The number of aliphatic hydroxyl groups excluding tert-OH is 1. The lowest BCUT2D eigenvalue weighted by atomic mass is 10.2. The summed E-state index contributed by atoms with van der Waals surface area (Å²) in [5.74, 6) is 0.888. The Morgan fingerprint density at radius 2 is 1.95 bits per heavy atom. The van der Waals surface area contributed by atoms with Gasteiger partial charge in [-0.15, -0.1) is 0 Å². The first kappa shape index (κ1) is 14.5. The van der Waals surface area contributed by atoms with Crippen LogP contribution in [-0.4, -0.2) is 24.8 Å². The SMILES string of the molecule is C[C@H](O)c1ccc(Oc2cccc(S(C)(=O)=O)c2)cn1. The van der Waals surface area contributed by atoms with Gasteiger partial charge in [0.1, 0.15) is 11.5 Å². The highest BCUT2D eigenvalue weighted by Gasteiger charge is 2.09. The number of sulfone groups is 1. The summed E-state index contributed by atoms with van der Waals surface area (Å²) in [6.07, 6.45) is 1.98. The molecule has 1 N–H and O–H groups in total. The van der Waals surface area contributed by atoms with Crippen molar-refractivity contribution < 1.29 is 18.3 Å². The number of nitrogens with zero attached hydrogens (tertiary/aromatic N) is 1. The normalized spacial score (nSPS) is 12.9. The summed E-state index contributed by atoms with van der Waals surface area (Å²) in [5.41, 5.74) is 0.544. The number of aromatic nitrogens is 1. The lowest BCUT2D eigenvalue weighted by molar-refractivity contribution is 0.194. The van der Waals surface area contributed by atoms with Gasteiger partial charge in [0.2, 0.25) is 0 Å². The van der Waals surface area contributed by atoms with Crippen LogP contribution in [0.1, 0.15) is 18.7 Å². The predicted octanol–water partition coefficient (Wildman–Crippen LogP) is 2.33. The number of hydrogen-bond acceptors (Lipinski definition) is 5. The van der Waals surface area contributed by atoms with Crippen molar-refractivity contribution in [3.05, 3.63) is 48.3 Å². The fraction of sp³-hybridized carbons (Fsp3) is 0.214. The summed E-state index contributed by atoms with van der Waals surface area (Å²) in [6, 6.07) is 9.57. The van der Waals surface area contributed by atoms with Gasteiger partial charge in [-0.1, -0.05) is 6.07 Å². The maximum atomic E-state index is 11.5. The van der Waals surface area contributed by atoms with Crippen LogP contribution in [0.5, 0.6) is 11.5 Å². The first-order valence-electron chi connectivity index (χ1n) is 5.98. The molecule has 2 rings (SSSR count). The van der Waals surface area contributed by atoms with Crippen LogP contribution in [0, 0.1) is 0 Å². The topological polar surface area (TPSA) is 76.5 Å². The Bertz CT molecular complexity index is 693. The van der Waals surface area contributed by atoms with E-state index in [4.69, 9.17) is 4.74 Å². The summed E-state index contributed by atoms with van der Waals surface area (Å²) < 4.78 is 28.5. The van der Waals surface area contributed by atoms with E-state index in [9.17, 15) is 13.5 Å². The molecule has 20 heavy (non-hydrogen) atoms. The minimum absolute atomic E-state index is 0.198. The van der Waals surface area contributed by atoms with Crippen molar-refractivity contribution in [2.45, 2.75) is 17.9 Å². The zero-order valence-corrected chi connectivity index (χ0v) is 12.0. The first-order chi connectivity index (χ1) is 9.36. The van der Waals surface area contributed by atoms with Crippen LogP contribution in [0.25, 0.3) is 0 Å². The summed E-state index contributed by atoms with van der Waals surface area (Å²) in [4.78, 5) is 4.25. The molecule has 0 aliphatic carbocycles. The van der Waals surface area contributed by atoms with E-state index in [2.05, 4.69) is 4.98 Å². The van der Waals surface area contributed by atoms with Crippen molar-refractivity contribution in [2.24, 2.45) is 0 Å². The van der Waals surface area contributed by atoms with Crippen molar-refractivity contribution in [1.29, 1.82) is 0 Å². The average molecular weight is 293 g/mol. The smallest absolute Gasteiger partial charge is 0.175 e. The molecule has 1 heterocycles. The van der Waals surface area contributed by atoms with Gasteiger partial charge in [-0.2, -0.15) is 0 Å². The molecule has 0 radical (unpaired) electrons. The lowest BCUT2D eigenvalue weighted by Crippen LogP contribution is -1.97. The van der Waals surface area contributed by atoms with E-state index in [-0.39, 0.29) is 4.90 Å². The quantitative estimate of drug-likeness (QED) is 0.936. The van der Waals surface area contributed by atoms with Crippen molar-refractivity contribution >= 4 is 9.84 Å². The highest BCUT2D eigenvalue weighted by molar-refractivity contribution is 7.90. The Hall–Kier alpha value is -1.92. The molecular weight excluding hydrogens is 278 g/mol. The molecule has 0 unspecified atom stereocenters. The molecule has 1 atom stereocenters. The van der Waals surface area contributed by atoms with Crippen LogP contribution in [0.4, 0.5) is 0 Å². The van der Waals surface area contributed by atoms with Crippen molar-refractivity contribution in [3.63, 3.8) is 0 Å². The van der Waals surface area contributed by atoms with E-state index in [1.54, 1.807) is 31.2 Å². The number of benzene rings is 1. The van der Waals surface area contributed by atoms with E-state index >= 15 is 0 Å². The minimum Gasteiger partial charge on any atom is -0.456 e. The van der Waals surface area contributed by atoms with Gasteiger partial charge in [-0.25, -0.2) is 8.42 Å². The maximum absolute atomic E-state index is 11.5. The summed E-state index contributed by atoms with van der Waals surface area (Å²) in [6.45, 7) is 1.62. The standard InChI is InChI=1S/C14H15NO4S/c1-10(16)14-7-6-12(9-15-14)19-11-4-3-5-13(8-11)20(2,17)18/h3-10,16H,1-2H3/t10-/m0/s1. The molecule has 1 aromatic carbocycles. The zero-order valence-electron chi connectivity index (χ0n) is 11.1. The number of hydrogen-bond donors (Lipinski definition) is 1. The Morgan fingerprint density at radius 1 is 1.20 bits per heavy atom. The molecule has 0 saturated carbocycles. The molecule has 0 spiro atoms. The van der Waals surface area contributed by atoms with Gasteiger partial charge in [-0.05, 0) is 37.3 Å². The highest BCUT2D eigenvalue weighted by Crippen LogP contribution is 2.24. The molecule has 6 heteroatoms. The predicted molar refractivity (Wildman–Crippen MR) is 74.5 cm³/mol. The number of aliphatic hydroxyl groups is 1. The largest absolute Gasteiger partial charge is 0.456 e. The van der Waals surface area contributed by atoms with Crippen molar-refractivity contribution in [2.75, 3.05) is 6.26 Å². The van der Waals surface area contributed by atoms with Gasteiger partial charge >= 0.3 is 0 Å². The second kappa shape index (κ2) is 5.60. The van der Waals surface area contributed by atoms with Gasteiger partial charge < -0.3 is 9.84 Å². The second-order valence-electron chi connectivity index (χ2n) is 4.44. The van der Waals surface area contributed by atoms with Gasteiger partial charge in [-0.3, -0.25) is 4.98 Å². The van der Waals surface area contributed by atoms with Crippen molar-refractivity contribution in [1.82, 2.24) is 4.98 Å². The van der Waals surface area contributed by atoms with Crippen LogP contribution < -0.4 is 4.74 Å². The van der Waals surface area contributed by atoms with Gasteiger partial charge in [0.25, 0.3) is 0 Å². The Balaban J connectivity index is 2.22. The molecule has 5 nitrogen and oxygen atoms in total. The molecular formula is C14H15NO4S. The van der Waals surface area contributed by atoms with Crippen LogP contribution in [0.2, 0.25) is 0 Å². The highest BCUT2D eigenvalue weighted by atomic mass is 32.2. The Morgan fingerprint density at radius 3 is 2.50 bits per heavy atom. The van der Waals surface area contributed by atoms with Crippen molar-refractivity contribution in [3.8, 4) is 11.5 Å². The Labute approximate surface area is 117 Å². The average Bonchev–Trinajstić information content (AvgIpc) is 2.38. The molecule has 106 valence electrons. The molecule has 0 aliphatic heterocycles. The lowest BCUT2D eigenvalue weighted by Gasteiger charge is -2.08. The molecule has 0 fully saturated rings. The van der Waals surface area contributed by atoms with Crippen LogP contribution >= 0.6 is 0 Å². The van der Waals surface area contributed by atoms with E-state index in [0.29, 0.717) is 17.2 Å². The number of rotatable bonds is 4.